The molecule has 1 aliphatic rings. The van der Waals surface area contributed by atoms with E-state index in [-0.39, 0.29) is 0 Å². The predicted octanol–water partition coefficient (Wildman–Crippen LogP) is 0.555. The highest BCUT2D eigenvalue weighted by Gasteiger charge is 2.22. The minimum Gasteiger partial charge on any atom is -0.366 e. The highest BCUT2D eigenvalue weighted by atomic mass is 32.1. The van der Waals surface area contributed by atoms with Gasteiger partial charge in [-0.2, -0.15) is 0 Å². The van der Waals surface area contributed by atoms with E-state index in [1.54, 1.807) is 0 Å². The summed E-state index contributed by atoms with van der Waals surface area (Å²) in [6, 6.07) is 2.23. The monoisotopic (exact) mass is 184 g/mol. The fourth-order valence-corrected chi connectivity index (χ4v) is 2.63. The lowest BCUT2D eigenvalue weighted by Crippen LogP contribution is -2.81. The van der Waals surface area contributed by atoms with Crippen LogP contribution in [0.5, 0.6) is 0 Å². The summed E-state index contributed by atoms with van der Waals surface area (Å²) < 4.78 is 5.68. The van der Waals surface area contributed by atoms with Gasteiger partial charge in [-0.1, -0.05) is 0 Å². The summed E-state index contributed by atoms with van der Waals surface area (Å²) >= 11 is 1.83. The maximum absolute atomic E-state index is 5.68. The van der Waals surface area contributed by atoms with Gasteiger partial charge in [-0.05, 0) is 23.4 Å². The van der Waals surface area contributed by atoms with Crippen molar-refractivity contribution in [3.05, 3.63) is 21.9 Å². The fraction of sp³-hybridized carbons (Fsp3) is 0.556. The molecule has 1 unspecified atom stereocenters. The first-order valence-corrected chi connectivity index (χ1v) is 5.25. The lowest BCUT2D eigenvalue weighted by Gasteiger charge is -2.20. The van der Waals surface area contributed by atoms with E-state index in [1.807, 2.05) is 11.3 Å². The zero-order valence-electron chi connectivity index (χ0n) is 7.25. The third-order valence-corrected chi connectivity index (χ3v) is 3.26. The number of quaternary nitrogens is 1. The quantitative estimate of drug-likeness (QED) is 0.714. The highest BCUT2D eigenvalue weighted by Crippen LogP contribution is 2.30. The van der Waals surface area contributed by atoms with Crippen molar-refractivity contribution in [2.45, 2.75) is 12.5 Å². The van der Waals surface area contributed by atoms with Crippen LogP contribution in [0.4, 0.5) is 0 Å². The van der Waals surface area contributed by atoms with Crippen LogP contribution < -0.4 is 5.32 Å². The van der Waals surface area contributed by atoms with Crippen molar-refractivity contribution in [3.8, 4) is 0 Å². The largest absolute Gasteiger partial charge is 0.366 e. The van der Waals surface area contributed by atoms with Gasteiger partial charge in [0.25, 0.3) is 0 Å². The lowest BCUT2D eigenvalue weighted by molar-refractivity contribution is -0.635. The number of hydrogen-bond donors (Lipinski definition) is 1. The average Bonchev–Trinajstić information content (AvgIpc) is 2.53. The Morgan fingerprint density at radius 3 is 3.50 bits per heavy atom. The van der Waals surface area contributed by atoms with Crippen molar-refractivity contribution < 1.29 is 10.1 Å². The molecule has 1 aliphatic heterocycles. The maximum atomic E-state index is 5.68. The SMILES string of the molecule is C[NH2+]CC1OCCc2ccsc21. The number of rotatable bonds is 2. The van der Waals surface area contributed by atoms with Crippen LogP contribution in [0.3, 0.4) is 0 Å². The molecule has 0 saturated heterocycles. The standard InChI is InChI=1S/C9H13NOS/c1-10-6-8-9-7(2-4-11-8)3-5-12-9/h3,5,8,10H,2,4,6H2,1H3/p+1. The van der Waals surface area contributed by atoms with Crippen LogP contribution in [0.25, 0.3) is 0 Å². The predicted molar refractivity (Wildman–Crippen MR) is 49.4 cm³/mol. The first-order chi connectivity index (χ1) is 5.92. The summed E-state index contributed by atoms with van der Waals surface area (Å²) in [6.07, 6.45) is 1.44. The summed E-state index contributed by atoms with van der Waals surface area (Å²) in [4.78, 5) is 1.44. The molecule has 1 atom stereocenters. The number of ether oxygens (including phenoxy) is 1. The third kappa shape index (κ3) is 1.40. The second-order valence-corrected chi connectivity index (χ2v) is 4.01. The average molecular weight is 184 g/mol. The second-order valence-electron chi connectivity index (χ2n) is 3.06. The van der Waals surface area contributed by atoms with Gasteiger partial charge in [0.05, 0.1) is 13.7 Å². The Bertz CT molecular complexity index is 259. The van der Waals surface area contributed by atoms with E-state index < -0.39 is 0 Å². The molecule has 0 spiro atoms. The van der Waals surface area contributed by atoms with Gasteiger partial charge < -0.3 is 10.1 Å². The van der Waals surface area contributed by atoms with E-state index in [1.165, 1.54) is 10.4 Å². The Hall–Kier alpha value is -0.380. The Morgan fingerprint density at radius 1 is 1.75 bits per heavy atom. The fourth-order valence-electron chi connectivity index (χ4n) is 1.61. The molecule has 0 fully saturated rings. The minimum absolute atomic E-state index is 0.346. The maximum Gasteiger partial charge on any atom is 0.141 e. The summed E-state index contributed by atoms with van der Waals surface area (Å²) in [5.41, 5.74) is 1.50. The highest BCUT2D eigenvalue weighted by molar-refractivity contribution is 7.10. The molecule has 0 aliphatic carbocycles. The zero-order valence-corrected chi connectivity index (χ0v) is 8.06. The first kappa shape index (κ1) is 8.23. The topological polar surface area (TPSA) is 25.8 Å². The first-order valence-electron chi connectivity index (χ1n) is 4.37. The van der Waals surface area contributed by atoms with Crippen molar-refractivity contribution in [2.75, 3.05) is 20.2 Å². The van der Waals surface area contributed by atoms with Crippen molar-refractivity contribution in [1.29, 1.82) is 0 Å². The molecule has 0 radical (unpaired) electrons. The molecule has 1 aromatic rings. The van der Waals surface area contributed by atoms with E-state index in [2.05, 4.69) is 23.8 Å². The molecular weight excluding hydrogens is 170 g/mol. The van der Waals surface area contributed by atoms with Crippen molar-refractivity contribution >= 4 is 11.3 Å². The van der Waals surface area contributed by atoms with Crippen LogP contribution in [0.15, 0.2) is 11.4 Å². The van der Waals surface area contributed by atoms with Crippen molar-refractivity contribution in [3.63, 3.8) is 0 Å². The van der Waals surface area contributed by atoms with Crippen molar-refractivity contribution in [2.24, 2.45) is 0 Å². The van der Waals surface area contributed by atoms with Crippen LogP contribution >= 0.6 is 11.3 Å². The van der Waals surface area contributed by atoms with Crippen LogP contribution in [-0.2, 0) is 11.2 Å². The van der Waals surface area contributed by atoms with E-state index in [0.29, 0.717) is 6.10 Å². The Morgan fingerprint density at radius 2 is 2.67 bits per heavy atom. The Kier molecular flexibility index (Phi) is 2.44. The third-order valence-electron chi connectivity index (χ3n) is 2.21. The number of fused-ring (bicyclic) bond motifs is 1. The number of likely N-dealkylation sites (N-methyl/N-ethyl adjacent to an activating group) is 1. The summed E-state index contributed by atoms with van der Waals surface area (Å²) in [5, 5.41) is 4.35. The number of thiophene rings is 1. The smallest absolute Gasteiger partial charge is 0.141 e. The molecule has 0 bridgehead atoms. The van der Waals surface area contributed by atoms with Gasteiger partial charge in [-0.25, -0.2) is 0 Å². The summed E-state index contributed by atoms with van der Waals surface area (Å²) in [7, 11) is 2.09. The van der Waals surface area contributed by atoms with Crippen LogP contribution in [0.2, 0.25) is 0 Å². The molecule has 2 N–H and O–H groups in total. The van der Waals surface area contributed by atoms with Crippen LogP contribution in [-0.4, -0.2) is 20.2 Å². The van der Waals surface area contributed by atoms with Gasteiger partial charge in [-0.3, -0.25) is 0 Å². The molecule has 12 heavy (non-hydrogen) atoms. The van der Waals surface area contributed by atoms with Crippen LogP contribution in [0.1, 0.15) is 16.5 Å². The molecule has 2 nitrogen and oxygen atoms in total. The molecule has 0 amide bonds. The minimum atomic E-state index is 0.346. The van der Waals surface area contributed by atoms with Gasteiger partial charge in [0.15, 0.2) is 0 Å². The van der Waals surface area contributed by atoms with E-state index in [4.69, 9.17) is 4.74 Å². The number of nitrogens with two attached hydrogens (primary N) is 1. The Balaban J connectivity index is 2.19. The van der Waals surface area contributed by atoms with Crippen molar-refractivity contribution in [1.82, 2.24) is 0 Å². The molecule has 1 aromatic heterocycles. The van der Waals surface area contributed by atoms with Gasteiger partial charge in [0.1, 0.15) is 12.6 Å². The Labute approximate surface area is 76.6 Å². The van der Waals surface area contributed by atoms with Gasteiger partial charge in [0.2, 0.25) is 0 Å². The van der Waals surface area contributed by atoms with Crippen LogP contribution in [0, 0.1) is 0 Å². The molecule has 3 heteroatoms. The van der Waals surface area contributed by atoms with E-state index in [0.717, 1.165) is 19.6 Å². The lowest BCUT2D eigenvalue weighted by atomic mass is 10.1. The molecule has 2 heterocycles. The second kappa shape index (κ2) is 3.56. The molecule has 66 valence electrons. The normalized spacial score (nSPS) is 22.2. The van der Waals surface area contributed by atoms with E-state index >= 15 is 0 Å². The summed E-state index contributed by atoms with van der Waals surface area (Å²) in [5.74, 6) is 0. The van der Waals surface area contributed by atoms with Gasteiger partial charge in [0, 0.05) is 4.88 Å². The molecule has 0 saturated carbocycles. The van der Waals surface area contributed by atoms with Gasteiger partial charge in [-0.15, -0.1) is 11.3 Å². The number of hydrogen-bond acceptors (Lipinski definition) is 2. The zero-order chi connectivity index (χ0) is 8.39. The molecule has 0 aromatic carbocycles. The molecule has 2 rings (SSSR count). The molecular formula is C9H14NOS+. The summed E-state index contributed by atoms with van der Waals surface area (Å²) in [6.45, 7) is 1.94. The van der Waals surface area contributed by atoms with Gasteiger partial charge >= 0.3 is 0 Å². The van der Waals surface area contributed by atoms with E-state index in [9.17, 15) is 0 Å².